The first kappa shape index (κ1) is 24.5. The Labute approximate surface area is 191 Å². The van der Waals surface area contributed by atoms with Gasteiger partial charge in [-0.3, -0.25) is 14.6 Å². The van der Waals surface area contributed by atoms with Crippen LogP contribution in [0.3, 0.4) is 0 Å². The van der Waals surface area contributed by atoms with Gasteiger partial charge in [0.2, 0.25) is 5.91 Å². The number of carbonyl (C=O) groups excluding carboxylic acids is 1. The minimum atomic E-state index is -1.07. The van der Waals surface area contributed by atoms with Crippen LogP contribution in [0.5, 0.6) is 0 Å². The second-order valence-corrected chi connectivity index (χ2v) is 10.8. The number of carboxylic acid groups (broad SMARTS) is 1. The first-order valence-electron chi connectivity index (χ1n) is 11.8. The monoisotopic (exact) mass is 447 g/mol. The molecule has 178 valence electrons. The fourth-order valence-corrected chi connectivity index (χ4v) is 5.25. The fourth-order valence-electron chi connectivity index (χ4n) is 5.25. The topological polar surface area (TPSA) is 72.9 Å². The highest BCUT2D eigenvalue weighted by Gasteiger charge is 2.43. The summed E-state index contributed by atoms with van der Waals surface area (Å²) in [5.74, 6) is 0.520. The van der Waals surface area contributed by atoms with Gasteiger partial charge in [-0.1, -0.05) is 39.3 Å². The summed E-state index contributed by atoms with van der Waals surface area (Å²) >= 11 is 0. The van der Waals surface area contributed by atoms with Crippen molar-refractivity contribution in [2.24, 2.45) is 17.3 Å². The number of rotatable bonds is 8. The highest BCUT2D eigenvalue weighted by Crippen LogP contribution is 2.39. The average molecular weight is 448 g/mol. The molecule has 0 spiro atoms. The van der Waals surface area contributed by atoms with E-state index >= 15 is 0 Å². The van der Waals surface area contributed by atoms with Crippen LogP contribution in [0.15, 0.2) is 24.3 Å². The second kappa shape index (κ2) is 10.2. The molecule has 0 aromatic heterocycles. The number of carbonyl (C=O) groups is 2. The Morgan fingerprint density at radius 1 is 1.22 bits per heavy atom. The van der Waals surface area contributed by atoms with E-state index in [0.717, 1.165) is 55.8 Å². The summed E-state index contributed by atoms with van der Waals surface area (Å²) in [7, 11) is 1.49. The quantitative estimate of drug-likeness (QED) is 0.622. The molecule has 1 aliphatic heterocycles. The number of nitrogens with one attached hydrogen (secondary N) is 1. The van der Waals surface area contributed by atoms with Crippen molar-refractivity contribution < 1.29 is 19.1 Å². The van der Waals surface area contributed by atoms with Crippen molar-refractivity contribution in [3.05, 3.63) is 35.6 Å². The summed E-state index contributed by atoms with van der Waals surface area (Å²) in [4.78, 5) is 28.2. The molecule has 2 aliphatic rings. The number of halogens is 1. The van der Waals surface area contributed by atoms with Gasteiger partial charge in [-0.2, -0.15) is 0 Å². The number of likely N-dealkylation sites (tertiary alicyclic amines) is 1. The third-order valence-electron chi connectivity index (χ3n) is 7.06. The van der Waals surface area contributed by atoms with E-state index in [-0.39, 0.29) is 23.2 Å². The Bertz CT molecular complexity index is 793. The number of benzene rings is 1. The van der Waals surface area contributed by atoms with Crippen LogP contribution in [0, 0.1) is 23.1 Å². The van der Waals surface area contributed by atoms with Gasteiger partial charge in [0.15, 0.2) is 0 Å². The smallest absolute Gasteiger partial charge is 0.407 e. The summed E-state index contributed by atoms with van der Waals surface area (Å²) < 4.78 is 13.2. The molecule has 1 aliphatic carbocycles. The first-order chi connectivity index (χ1) is 15.0. The van der Waals surface area contributed by atoms with E-state index in [4.69, 9.17) is 0 Å². The molecule has 2 amide bonds. The van der Waals surface area contributed by atoms with Crippen LogP contribution < -0.4 is 5.32 Å². The average Bonchev–Trinajstić information content (AvgIpc) is 3.26. The van der Waals surface area contributed by atoms with Crippen molar-refractivity contribution in [2.45, 2.75) is 71.5 Å². The highest BCUT2D eigenvalue weighted by molar-refractivity contribution is 5.85. The molecule has 4 atom stereocenters. The molecule has 3 rings (SSSR count). The van der Waals surface area contributed by atoms with Crippen molar-refractivity contribution in [3.63, 3.8) is 0 Å². The predicted molar refractivity (Wildman–Crippen MR) is 123 cm³/mol. The van der Waals surface area contributed by atoms with Gasteiger partial charge in [-0.25, -0.2) is 9.18 Å². The standard InChI is InChI=1S/C25H38FN3O3/c1-25(2,3)13-5-6-22(28(4)24(31)32)23(30)27-21-12-9-18-15-29(16-20(18)21)14-17-7-10-19(26)11-8-17/h7-8,10-11,18,20-22H,5-6,9,12-16H2,1-4H3,(H,27,30)(H,31,32)/t18-,20+,21+,22+/m1/s1. The number of fused-ring (bicyclic) bond motifs is 1. The van der Waals surface area contributed by atoms with Crippen molar-refractivity contribution in [1.29, 1.82) is 0 Å². The molecular weight excluding hydrogens is 409 g/mol. The molecule has 32 heavy (non-hydrogen) atoms. The number of hydrogen-bond donors (Lipinski definition) is 2. The molecule has 2 N–H and O–H groups in total. The lowest BCUT2D eigenvalue weighted by Gasteiger charge is -2.29. The Kier molecular flexibility index (Phi) is 7.80. The van der Waals surface area contributed by atoms with E-state index in [1.807, 2.05) is 12.1 Å². The van der Waals surface area contributed by atoms with E-state index in [1.165, 1.54) is 19.2 Å². The van der Waals surface area contributed by atoms with Gasteiger partial charge in [-0.05, 0) is 60.6 Å². The van der Waals surface area contributed by atoms with Crippen molar-refractivity contribution in [2.75, 3.05) is 20.1 Å². The molecule has 1 aromatic carbocycles. The lowest BCUT2D eigenvalue weighted by molar-refractivity contribution is -0.126. The first-order valence-corrected chi connectivity index (χ1v) is 11.8. The van der Waals surface area contributed by atoms with Gasteiger partial charge in [0.1, 0.15) is 11.9 Å². The fraction of sp³-hybridized carbons (Fsp3) is 0.680. The largest absolute Gasteiger partial charge is 0.465 e. The summed E-state index contributed by atoms with van der Waals surface area (Å²) in [6.45, 7) is 9.12. The summed E-state index contributed by atoms with van der Waals surface area (Å²) in [5.41, 5.74) is 1.24. The molecule has 1 aromatic rings. The lowest BCUT2D eigenvalue weighted by atomic mass is 9.88. The minimum Gasteiger partial charge on any atom is -0.465 e. The maximum absolute atomic E-state index is 13.2. The van der Waals surface area contributed by atoms with Crippen molar-refractivity contribution >= 4 is 12.0 Å². The van der Waals surface area contributed by atoms with Gasteiger partial charge in [0, 0.05) is 32.7 Å². The van der Waals surface area contributed by atoms with E-state index in [0.29, 0.717) is 18.3 Å². The van der Waals surface area contributed by atoms with Crippen LogP contribution in [-0.4, -0.2) is 59.1 Å². The Morgan fingerprint density at radius 2 is 1.91 bits per heavy atom. The van der Waals surface area contributed by atoms with Crippen molar-refractivity contribution in [1.82, 2.24) is 15.1 Å². The molecule has 6 nitrogen and oxygen atoms in total. The van der Waals surface area contributed by atoms with Crippen LogP contribution in [0.4, 0.5) is 9.18 Å². The van der Waals surface area contributed by atoms with Crippen LogP contribution >= 0.6 is 0 Å². The predicted octanol–water partition coefficient (Wildman–Crippen LogP) is 4.35. The van der Waals surface area contributed by atoms with E-state index in [1.54, 1.807) is 0 Å². The minimum absolute atomic E-state index is 0.0815. The zero-order valence-corrected chi connectivity index (χ0v) is 19.8. The van der Waals surface area contributed by atoms with Crippen LogP contribution in [0.2, 0.25) is 0 Å². The van der Waals surface area contributed by atoms with E-state index in [2.05, 4.69) is 31.0 Å². The zero-order chi connectivity index (χ0) is 23.5. The maximum Gasteiger partial charge on any atom is 0.407 e. The van der Waals surface area contributed by atoms with Crippen LogP contribution in [0.25, 0.3) is 0 Å². The molecule has 0 bridgehead atoms. The van der Waals surface area contributed by atoms with Gasteiger partial charge in [0.25, 0.3) is 0 Å². The van der Waals surface area contributed by atoms with E-state index < -0.39 is 12.1 Å². The Hall–Kier alpha value is -2.15. The number of hydrogen-bond acceptors (Lipinski definition) is 3. The molecule has 7 heteroatoms. The number of nitrogens with zero attached hydrogens (tertiary/aromatic N) is 2. The summed E-state index contributed by atoms with van der Waals surface area (Å²) in [6, 6.07) is 6.06. The molecule has 1 saturated carbocycles. The molecule has 1 saturated heterocycles. The van der Waals surface area contributed by atoms with Crippen LogP contribution in [0.1, 0.15) is 58.4 Å². The van der Waals surface area contributed by atoms with Gasteiger partial charge >= 0.3 is 6.09 Å². The van der Waals surface area contributed by atoms with Gasteiger partial charge < -0.3 is 10.4 Å². The lowest BCUT2D eigenvalue weighted by Crippen LogP contribution is -2.51. The molecule has 2 fully saturated rings. The molecular formula is C25H38FN3O3. The third kappa shape index (κ3) is 6.44. The highest BCUT2D eigenvalue weighted by atomic mass is 19.1. The zero-order valence-electron chi connectivity index (χ0n) is 19.8. The molecule has 0 radical (unpaired) electrons. The SMILES string of the molecule is CN(C(=O)O)[C@@H](CCCC(C)(C)C)C(=O)N[C@H]1CC[C@@H]2CN(Cc3ccc(F)cc3)C[C@@H]21. The number of likely N-dealkylation sites (N-methyl/N-ethyl adjacent to an activating group) is 1. The summed E-state index contributed by atoms with van der Waals surface area (Å²) in [5, 5.41) is 12.7. The van der Waals surface area contributed by atoms with Crippen molar-refractivity contribution in [3.8, 4) is 0 Å². The molecule has 0 unspecified atom stereocenters. The molecule has 1 heterocycles. The van der Waals surface area contributed by atoms with Crippen LogP contribution in [-0.2, 0) is 11.3 Å². The Morgan fingerprint density at radius 3 is 2.53 bits per heavy atom. The normalized spacial score (nSPS) is 24.2. The third-order valence-corrected chi connectivity index (χ3v) is 7.06. The van der Waals surface area contributed by atoms with Gasteiger partial charge in [0.05, 0.1) is 0 Å². The van der Waals surface area contributed by atoms with E-state index in [9.17, 15) is 19.1 Å². The number of amides is 2. The second-order valence-electron chi connectivity index (χ2n) is 10.8. The van der Waals surface area contributed by atoms with Gasteiger partial charge in [-0.15, -0.1) is 0 Å². The Balaban J connectivity index is 1.57. The maximum atomic E-state index is 13.2. The summed E-state index contributed by atoms with van der Waals surface area (Å²) in [6.07, 6.45) is 3.22.